The van der Waals surface area contributed by atoms with Crippen molar-refractivity contribution in [2.45, 2.75) is 36.6 Å². The average molecular weight is 431 g/mol. The second kappa shape index (κ2) is 8.33. The molecule has 10 heteroatoms. The molecule has 0 unspecified atom stereocenters. The molecule has 0 bridgehead atoms. The number of fused-ring (bicyclic) bond motifs is 1. The van der Waals surface area contributed by atoms with Crippen LogP contribution in [-0.4, -0.2) is 33.1 Å². The molecule has 2 amide bonds. The molecule has 158 valence electrons. The Morgan fingerprint density at radius 1 is 0.867 bits per heavy atom. The van der Waals surface area contributed by atoms with Gasteiger partial charge in [-0.15, -0.1) is 0 Å². The first-order chi connectivity index (χ1) is 14.4. The molecule has 0 spiro atoms. The van der Waals surface area contributed by atoms with E-state index in [1.807, 2.05) is 0 Å². The first kappa shape index (κ1) is 20.2. The quantitative estimate of drug-likeness (QED) is 0.620. The Hall–Kier alpha value is -3.11. The van der Waals surface area contributed by atoms with Gasteiger partial charge in [0.25, 0.3) is 11.8 Å². The minimum atomic E-state index is -3.72. The first-order valence-electron chi connectivity index (χ1n) is 9.55. The van der Waals surface area contributed by atoms with E-state index in [1.54, 1.807) is 6.07 Å². The predicted molar refractivity (Wildman–Crippen MR) is 107 cm³/mol. The SMILES string of the molecule is O=C(NNC(=O)c1ccc2c(c1)OCO2)c1cccc(S(=O)(=O)NC2CCCC2)c1. The van der Waals surface area contributed by atoms with Crippen LogP contribution in [-0.2, 0) is 10.0 Å². The summed E-state index contributed by atoms with van der Waals surface area (Å²) in [6, 6.07) is 10.2. The topological polar surface area (TPSA) is 123 Å². The van der Waals surface area contributed by atoms with Crippen LogP contribution in [0.15, 0.2) is 47.4 Å². The average Bonchev–Trinajstić information content (AvgIpc) is 3.42. The van der Waals surface area contributed by atoms with Gasteiger partial charge in [-0.1, -0.05) is 18.9 Å². The zero-order chi connectivity index (χ0) is 21.1. The second-order valence-corrected chi connectivity index (χ2v) is 8.82. The van der Waals surface area contributed by atoms with Crippen LogP contribution in [0, 0.1) is 0 Å². The fraction of sp³-hybridized carbons (Fsp3) is 0.300. The molecule has 1 fully saturated rings. The van der Waals surface area contributed by atoms with Gasteiger partial charge < -0.3 is 9.47 Å². The second-order valence-electron chi connectivity index (χ2n) is 7.11. The zero-order valence-electron chi connectivity index (χ0n) is 16.0. The molecular weight excluding hydrogens is 410 g/mol. The number of hydrogen-bond donors (Lipinski definition) is 3. The molecule has 1 saturated carbocycles. The molecule has 9 nitrogen and oxygen atoms in total. The maximum Gasteiger partial charge on any atom is 0.269 e. The van der Waals surface area contributed by atoms with Crippen LogP contribution in [0.1, 0.15) is 46.4 Å². The van der Waals surface area contributed by atoms with Crippen molar-refractivity contribution in [1.82, 2.24) is 15.6 Å². The number of rotatable bonds is 5. The summed E-state index contributed by atoms with van der Waals surface area (Å²) in [5.41, 5.74) is 4.98. The minimum Gasteiger partial charge on any atom is -0.454 e. The number of hydrogen-bond acceptors (Lipinski definition) is 6. The van der Waals surface area contributed by atoms with E-state index < -0.39 is 21.8 Å². The molecular formula is C20H21N3O6S. The summed E-state index contributed by atoms with van der Waals surface area (Å²) in [7, 11) is -3.72. The third-order valence-corrected chi connectivity index (χ3v) is 6.53. The summed E-state index contributed by atoms with van der Waals surface area (Å²) in [6.45, 7) is 0.0893. The van der Waals surface area contributed by atoms with Crippen molar-refractivity contribution in [2.24, 2.45) is 0 Å². The molecule has 30 heavy (non-hydrogen) atoms. The number of hydrazine groups is 1. The number of sulfonamides is 1. The normalized spacial score (nSPS) is 15.7. The Labute approximate surface area is 173 Å². The van der Waals surface area contributed by atoms with Crippen molar-refractivity contribution in [3.8, 4) is 11.5 Å². The number of carbonyl (C=O) groups is 2. The Balaban J connectivity index is 1.40. The van der Waals surface area contributed by atoms with Crippen LogP contribution in [0.5, 0.6) is 11.5 Å². The van der Waals surface area contributed by atoms with Gasteiger partial charge in [-0.05, 0) is 49.2 Å². The lowest BCUT2D eigenvalue weighted by Gasteiger charge is -2.13. The van der Waals surface area contributed by atoms with E-state index in [1.165, 1.54) is 36.4 Å². The molecule has 2 aromatic carbocycles. The number of carbonyl (C=O) groups excluding carboxylic acids is 2. The molecule has 1 aliphatic heterocycles. The summed E-state index contributed by atoms with van der Waals surface area (Å²) in [4.78, 5) is 24.7. The van der Waals surface area contributed by atoms with Crippen molar-refractivity contribution < 1.29 is 27.5 Å². The summed E-state index contributed by atoms with van der Waals surface area (Å²) >= 11 is 0. The Morgan fingerprint density at radius 2 is 1.53 bits per heavy atom. The summed E-state index contributed by atoms with van der Waals surface area (Å²) < 4.78 is 38.2. The van der Waals surface area contributed by atoms with Crippen LogP contribution in [0.3, 0.4) is 0 Å². The van der Waals surface area contributed by atoms with Gasteiger partial charge in [0.15, 0.2) is 11.5 Å². The predicted octanol–water partition coefficient (Wildman–Crippen LogP) is 1.71. The highest BCUT2D eigenvalue weighted by Crippen LogP contribution is 2.32. The van der Waals surface area contributed by atoms with Crippen LogP contribution in [0.4, 0.5) is 0 Å². The van der Waals surface area contributed by atoms with E-state index >= 15 is 0 Å². The highest BCUT2D eigenvalue weighted by molar-refractivity contribution is 7.89. The lowest BCUT2D eigenvalue weighted by molar-refractivity contribution is 0.0846. The van der Waals surface area contributed by atoms with E-state index in [0.717, 1.165) is 25.7 Å². The van der Waals surface area contributed by atoms with Crippen molar-refractivity contribution in [3.63, 3.8) is 0 Å². The van der Waals surface area contributed by atoms with Gasteiger partial charge in [0, 0.05) is 17.2 Å². The van der Waals surface area contributed by atoms with Gasteiger partial charge in [0.2, 0.25) is 16.8 Å². The number of ether oxygens (including phenoxy) is 2. The van der Waals surface area contributed by atoms with E-state index in [0.29, 0.717) is 11.5 Å². The smallest absolute Gasteiger partial charge is 0.269 e. The van der Waals surface area contributed by atoms with Gasteiger partial charge in [-0.3, -0.25) is 20.4 Å². The van der Waals surface area contributed by atoms with E-state index in [2.05, 4.69) is 15.6 Å². The largest absolute Gasteiger partial charge is 0.454 e. The molecule has 0 saturated heterocycles. The van der Waals surface area contributed by atoms with E-state index in [9.17, 15) is 18.0 Å². The molecule has 4 rings (SSSR count). The van der Waals surface area contributed by atoms with Crippen LogP contribution >= 0.6 is 0 Å². The third kappa shape index (κ3) is 4.39. The summed E-state index contributed by atoms with van der Waals surface area (Å²) in [5.74, 6) is -0.197. The van der Waals surface area contributed by atoms with Gasteiger partial charge in [-0.2, -0.15) is 0 Å². The van der Waals surface area contributed by atoms with Gasteiger partial charge in [-0.25, -0.2) is 13.1 Å². The molecule has 2 aliphatic rings. The van der Waals surface area contributed by atoms with Gasteiger partial charge in [0.05, 0.1) is 4.90 Å². The standard InChI is InChI=1S/C20H21N3O6S/c24-19(21-22-20(25)14-8-9-17-18(11-14)29-12-28-17)13-4-3-7-16(10-13)30(26,27)23-15-5-1-2-6-15/h3-4,7-11,15,23H,1-2,5-6,12H2,(H,21,24)(H,22,25). The highest BCUT2D eigenvalue weighted by atomic mass is 32.2. The van der Waals surface area contributed by atoms with E-state index in [4.69, 9.17) is 9.47 Å². The molecule has 0 atom stereocenters. The number of nitrogens with one attached hydrogen (secondary N) is 3. The molecule has 0 radical (unpaired) electrons. The Bertz CT molecular complexity index is 1080. The van der Waals surface area contributed by atoms with Crippen LogP contribution < -0.4 is 25.0 Å². The van der Waals surface area contributed by atoms with Crippen LogP contribution in [0.25, 0.3) is 0 Å². The van der Waals surface area contributed by atoms with Crippen molar-refractivity contribution in [2.75, 3.05) is 6.79 Å². The van der Waals surface area contributed by atoms with Crippen LogP contribution in [0.2, 0.25) is 0 Å². The first-order valence-corrected chi connectivity index (χ1v) is 11.0. The van der Waals surface area contributed by atoms with Gasteiger partial charge >= 0.3 is 0 Å². The lowest BCUT2D eigenvalue weighted by atomic mass is 10.2. The number of amides is 2. The minimum absolute atomic E-state index is 0.00384. The molecule has 1 heterocycles. The molecule has 1 aliphatic carbocycles. The molecule has 0 aromatic heterocycles. The summed E-state index contributed by atoms with van der Waals surface area (Å²) in [6.07, 6.45) is 3.62. The molecule has 3 N–H and O–H groups in total. The zero-order valence-corrected chi connectivity index (χ0v) is 16.8. The van der Waals surface area contributed by atoms with Crippen molar-refractivity contribution in [1.29, 1.82) is 0 Å². The van der Waals surface area contributed by atoms with E-state index in [-0.39, 0.29) is 28.9 Å². The Morgan fingerprint density at radius 3 is 2.27 bits per heavy atom. The monoisotopic (exact) mass is 431 g/mol. The fourth-order valence-electron chi connectivity index (χ4n) is 3.43. The maximum absolute atomic E-state index is 12.6. The Kier molecular flexibility index (Phi) is 5.60. The highest BCUT2D eigenvalue weighted by Gasteiger charge is 2.23. The maximum atomic E-state index is 12.6. The van der Waals surface area contributed by atoms with Crippen molar-refractivity contribution >= 4 is 21.8 Å². The lowest BCUT2D eigenvalue weighted by Crippen LogP contribution is -2.41. The number of benzene rings is 2. The third-order valence-electron chi connectivity index (χ3n) is 5.01. The summed E-state index contributed by atoms with van der Waals surface area (Å²) in [5, 5.41) is 0. The van der Waals surface area contributed by atoms with Crippen molar-refractivity contribution in [3.05, 3.63) is 53.6 Å². The van der Waals surface area contributed by atoms with Gasteiger partial charge in [0.1, 0.15) is 0 Å². The fourth-order valence-corrected chi connectivity index (χ4v) is 4.78. The molecule has 2 aromatic rings.